The summed E-state index contributed by atoms with van der Waals surface area (Å²) in [5.41, 5.74) is 0.502. The van der Waals surface area contributed by atoms with Gasteiger partial charge >= 0.3 is 0 Å². The van der Waals surface area contributed by atoms with E-state index in [0.717, 1.165) is 17.8 Å². The zero-order valence-electron chi connectivity index (χ0n) is 9.94. The molecule has 0 spiro atoms. The maximum atomic E-state index is 2.40. The van der Waals surface area contributed by atoms with Crippen LogP contribution >= 0.6 is 0 Å². The summed E-state index contributed by atoms with van der Waals surface area (Å²) in [6, 6.07) is 0. The van der Waals surface area contributed by atoms with Crippen molar-refractivity contribution in [1.82, 2.24) is 0 Å². The van der Waals surface area contributed by atoms with Gasteiger partial charge in [-0.05, 0) is 29.6 Å². The van der Waals surface area contributed by atoms with Crippen LogP contribution in [0, 0.1) is 23.2 Å². The molecule has 0 aliphatic rings. The topological polar surface area (TPSA) is 0 Å². The molecule has 0 aromatic heterocycles. The van der Waals surface area contributed by atoms with Gasteiger partial charge in [0.05, 0.1) is 0 Å². The summed E-state index contributed by atoms with van der Waals surface area (Å²) >= 11 is 0. The highest BCUT2D eigenvalue weighted by Gasteiger charge is 2.28. The van der Waals surface area contributed by atoms with Crippen LogP contribution in [-0.2, 0) is 0 Å². The van der Waals surface area contributed by atoms with Gasteiger partial charge < -0.3 is 0 Å². The van der Waals surface area contributed by atoms with Crippen molar-refractivity contribution >= 4 is 0 Å². The first-order chi connectivity index (χ1) is 5.27. The minimum absolute atomic E-state index is 0.502. The molecule has 74 valence electrons. The molecule has 0 heterocycles. The lowest BCUT2D eigenvalue weighted by Crippen LogP contribution is -2.27. The second-order valence-electron chi connectivity index (χ2n) is 5.62. The van der Waals surface area contributed by atoms with Gasteiger partial charge in [0.25, 0.3) is 0 Å². The van der Waals surface area contributed by atoms with Crippen molar-refractivity contribution in [2.75, 3.05) is 0 Å². The maximum Gasteiger partial charge on any atom is -0.0324 e. The third-order valence-corrected chi connectivity index (χ3v) is 3.17. The third kappa shape index (κ3) is 3.60. The maximum absolute atomic E-state index is 2.40. The van der Waals surface area contributed by atoms with Crippen molar-refractivity contribution in [2.45, 2.75) is 54.9 Å². The molecule has 0 aliphatic heterocycles. The van der Waals surface area contributed by atoms with Crippen molar-refractivity contribution in [3.05, 3.63) is 0 Å². The highest BCUT2D eigenvalue weighted by molar-refractivity contribution is 4.78. The van der Waals surface area contributed by atoms with Crippen LogP contribution in [0.4, 0.5) is 0 Å². The van der Waals surface area contributed by atoms with Crippen LogP contribution < -0.4 is 0 Å². The van der Waals surface area contributed by atoms with Gasteiger partial charge in [-0.25, -0.2) is 0 Å². The lowest BCUT2D eigenvalue weighted by atomic mass is 9.70. The summed E-state index contributed by atoms with van der Waals surface area (Å²) < 4.78 is 0. The first-order valence-electron chi connectivity index (χ1n) is 5.27. The molecule has 0 amide bonds. The Morgan fingerprint density at radius 2 is 1.33 bits per heavy atom. The van der Waals surface area contributed by atoms with Crippen LogP contribution in [0.25, 0.3) is 0 Å². The second kappa shape index (κ2) is 4.30. The Balaban J connectivity index is 4.18. The summed E-state index contributed by atoms with van der Waals surface area (Å²) in [6.45, 7) is 16.5. The summed E-state index contributed by atoms with van der Waals surface area (Å²) in [6.07, 6.45) is 1.34. The summed E-state index contributed by atoms with van der Waals surface area (Å²) in [7, 11) is 0. The molecule has 0 rings (SSSR count). The molecule has 0 aromatic carbocycles. The SMILES string of the molecule is CC(C)CC(C)(C)C(C)C(C)C. The van der Waals surface area contributed by atoms with Gasteiger partial charge in [-0.2, -0.15) is 0 Å². The molecule has 1 unspecified atom stereocenters. The monoisotopic (exact) mass is 170 g/mol. The molecular weight excluding hydrogens is 144 g/mol. The Kier molecular flexibility index (Phi) is 4.30. The Bertz CT molecular complexity index is 120. The van der Waals surface area contributed by atoms with Gasteiger partial charge in [-0.15, -0.1) is 0 Å². The highest BCUT2D eigenvalue weighted by Crippen LogP contribution is 2.37. The van der Waals surface area contributed by atoms with Gasteiger partial charge in [-0.1, -0.05) is 48.5 Å². The molecule has 0 N–H and O–H groups in total. The van der Waals surface area contributed by atoms with E-state index >= 15 is 0 Å². The minimum atomic E-state index is 0.502. The first kappa shape index (κ1) is 12.0. The fourth-order valence-corrected chi connectivity index (χ4v) is 2.14. The second-order valence-corrected chi connectivity index (χ2v) is 5.62. The van der Waals surface area contributed by atoms with Crippen LogP contribution in [0.15, 0.2) is 0 Å². The number of hydrogen-bond acceptors (Lipinski definition) is 0. The molecule has 0 nitrogen and oxygen atoms in total. The Morgan fingerprint density at radius 3 is 1.58 bits per heavy atom. The van der Waals surface area contributed by atoms with E-state index in [4.69, 9.17) is 0 Å². The Labute approximate surface area is 78.8 Å². The summed E-state index contributed by atoms with van der Waals surface area (Å²) in [5.74, 6) is 2.44. The molecule has 0 bridgehead atoms. The Hall–Kier alpha value is 0. The predicted molar refractivity (Wildman–Crippen MR) is 57.2 cm³/mol. The lowest BCUT2D eigenvalue weighted by molar-refractivity contribution is 0.141. The van der Waals surface area contributed by atoms with E-state index in [1.165, 1.54) is 6.42 Å². The van der Waals surface area contributed by atoms with Crippen LogP contribution in [0.2, 0.25) is 0 Å². The highest BCUT2D eigenvalue weighted by atomic mass is 14.3. The van der Waals surface area contributed by atoms with Crippen molar-refractivity contribution < 1.29 is 0 Å². The van der Waals surface area contributed by atoms with Crippen molar-refractivity contribution in [2.24, 2.45) is 23.2 Å². The summed E-state index contributed by atoms with van der Waals surface area (Å²) in [4.78, 5) is 0. The van der Waals surface area contributed by atoms with E-state index < -0.39 is 0 Å². The quantitative estimate of drug-likeness (QED) is 0.588. The first-order valence-corrected chi connectivity index (χ1v) is 5.27. The smallest absolute Gasteiger partial charge is 0.0324 e. The molecular formula is C12H26. The molecule has 0 heteroatoms. The molecule has 0 aliphatic carbocycles. The molecule has 0 saturated carbocycles. The van der Waals surface area contributed by atoms with Crippen LogP contribution in [-0.4, -0.2) is 0 Å². The molecule has 0 aromatic rings. The number of rotatable bonds is 4. The fraction of sp³-hybridized carbons (Fsp3) is 1.00. The molecule has 12 heavy (non-hydrogen) atoms. The minimum Gasteiger partial charge on any atom is -0.0628 e. The van der Waals surface area contributed by atoms with Crippen LogP contribution in [0.3, 0.4) is 0 Å². The fourth-order valence-electron chi connectivity index (χ4n) is 2.14. The number of hydrogen-bond donors (Lipinski definition) is 0. The molecule has 1 atom stereocenters. The largest absolute Gasteiger partial charge is 0.0628 e. The summed E-state index contributed by atoms with van der Waals surface area (Å²) in [5, 5.41) is 0. The van der Waals surface area contributed by atoms with Crippen molar-refractivity contribution in [3.8, 4) is 0 Å². The zero-order valence-corrected chi connectivity index (χ0v) is 9.94. The average Bonchev–Trinajstić information content (AvgIpc) is 1.82. The van der Waals surface area contributed by atoms with Crippen LogP contribution in [0.5, 0.6) is 0 Å². The van der Waals surface area contributed by atoms with E-state index in [1.807, 2.05) is 0 Å². The van der Waals surface area contributed by atoms with E-state index in [-0.39, 0.29) is 0 Å². The van der Waals surface area contributed by atoms with Gasteiger partial charge in [0, 0.05) is 0 Å². The standard InChI is InChI=1S/C12H26/c1-9(2)8-12(6,7)11(5)10(3)4/h9-11H,8H2,1-7H3. The zero-order chi connectivity index (χ0) is 9.94. The Morgan fingerprint density at radius 1 is 0.917 bits per heavy atom. The lowest BCUT2D eigenvalue weighted by Gasteiger charge is -2.36. The predicted octanol–water partition coefficient (Wildman–Crippen LogP) is 4.35. The van der Waals surface area contributed by atoms with Crippen molar-refractivity contribution in [3.63, 3.8) is 0 Å². The molecule has 0 saturated heterocycles. The molecule has 0 fully saturated rings. The van der Waals surface area contributed by atoms with Gasteiger partial charge in [-0.3, -0.25) is 0 Å². The van der Waals surface area contributed by atoms with E-state index in [0.29, 0.717) is 5.41 Å². The van der Waals surface area contributed by atoms with Crippen molar-refractivity contribution in [1.29, 1.82) is 0 Å². The molecule has 0 radical (unpaired) electrons. The van der Waals surface area contributed by atoms with Gasteiger partial charge in [0.15, 0.2) is 0 Å². The van der Waals surface area contributed by atoms with Crippen LogP contribution in [0.1, 0.15) is 54.9 Å². The van der Waals surface area contributed by atoms with E-state index in [1.54, 1.807) is 0 Å². The normalized spacial score (nSPS) is 15.8. The average molecular weight is 170 g/mol. The third-order valence-electron chi connectivity index (χ3n) is 3.17. The van der Waals surface area contributed by atoms with Gasteiger partial charge in [0.2, 0.25) is 0 Å². The van der Waals surface area contributed by atoms with Gasteiger partial charge in [0.1, 0.15) is 0 Å². The van der Waals surface area contributed by atoms with E-state index in [2.05, 4.69) is 48.5 Å². The van der Waals surface area contributed by atoms with E-state index in [9.17, 15) is 0 Å².